The van der Waals surface area contributed by atoms with Crippen molar-refractivity contribution in [2.24, 2.45) is 5.92 Å². The maximum absolute atomic E-state index is 2.68. The minimum atomic E-state index is 0.790. The zero-order valence-electron chi connectivity index (χ0n) is 10.6. The van der Waals surface area contributed by atoms with Crippen LogP contribution in [0.2, 0.25) is 0 Å². The fourth-order valence-corrected chi connectivity index (χ4v) is 4.46. The molecule has 0 radical (unpaired) electrons. The summed E-state index contributed by atoms with van der Waals surface area (Å²) in [7, 11) is 0. The Bertz CT molecular complexity index is 365. The van der Waals surface area contributed by atoms with Gasteiger partial charge in [-0.25, -0.2) is 0 Å². The molecule has 3 rings (SSSR count). The SMILES string of the molecule is CC1CCCN(CC2Cc3ccccc3S2)C1. The van der Waals surface area contributed by atoms with Crippen LogP contribution in [0.5, 0.6) is 0 Å². The van der Waals surface area contributed by atoms with E-state index in [1.165, 1.54) is 43.8 Å². The molecule has 2 aliphatic rings. The van der Waals surface area contributed by atoms with Crippen LogP contribution in [0.25, 0.3) is 0 Å². The van der Waals surface area contributed by atoms with Crippen molar-refractivity contribution in [3.8, 4) is 0 Å². The summed E-state index contributed by atoms with van der Waals surface area (Å²) in [6.07, 6.45) is 4.09. The Balaban J connectivity index is 1.58. The average molecular weight is 247 g/mol. The van der Waals surface area contributed by atoms with E-state index < -0.39 is 0 Å². The molecule has 0 amide bonds. The van der Waals surface area contributed by atoms with E-state index in [4.69, 9.17) is 0 Å². The third kappa shape index (κ3) is 2.69. The highest BCUT2D eigenvalue weighted by molar-refractivity contribution is 8.00. The van der Waals surface area contributed by atoms with Crippen LogP contribution in [-0.4, -0.2) is 29.8 Å². The lowest BCUT2D eigenvalue weighted by Gasteiger charge is -2.32. The van der Waals surface area contributed by atoms with Gasteiger partial charge in [-0.15, -0.1) is 11.8 Å². The topological polar surface area (TPSA) is 3.24 Å². The predicted molar refractivity (Wildman–Crippen MR) is 74.6 cm³/mol. The predicted octanol–water partition coefficient (Wildman–Crippen LogP) is 3.44. The Labute approximate surface area is 109 Å². The molecule has 2 heteroatoms. The van der Waals surface area contributed by atoms with Gasteiger partial charge in [-0.3, -0.25) is 0 Å². The lowest BCUT2D eigenvalue weighted by Crippen LogP contribution is -2.38. The summed E-state index contributed by atoms with van der Waals surface area (Å²) in [5.41, 5.74) is 1.56. The summed E-state index contributed by atoms with van der Waals surface area (Å²) in [6, 6.07) is 8.90. The number of benzene rings is 1. The molecule has 0 N–H and O–H groups in total. The molecule has 0 saturated carbocycles. The van der Waals surface area contributed by atoms with E-state index in [-0.39, 0.29) is 0 Å². The number of thioether (sulfide) groups is 1. The van der Waals surface area contributed by atoms with Gasteiger partial charge in [0.1, 0.15) is 0 Å². The van der Waals surface area contributed by atoms with E-state index in [0.717, 1.165) is 11.2 Å². The summed E-state index contributed by atoms with van der Waals surface area (Å²) in [5.74, 6) is 0.900. The standard InChI is InChI=1S/C15H21NS/c1-12-5-4-8-16(10-12)11-14-9-13-6-2-3-7-15(13)17-14/h2-3,6-7,12,14H,4-5,8-11H2,1H3. The molecule has 2 heterocycles. The van der Waals surface area contributed by atoms with Crippen LogP contribution in [0.4, 0.5) is 0 Å². The monoisotopic (exact) mass is 247 g/mol. The number of nitrogens with zero attached hydrogens (tertiary/aromatic N) is 1. The Hall–Kier alpha value is -0.470. The molecule has 1 aromatic carbocycles. The molecule has 2 aliphatic heterocycles. The molecule has 0 spiro atoms. The molecule has 1 fully saturated rings. The zero-order valence-corrected chi connectivity index (χ0v) is 11.4. The van der Waals surface area contributed by atoms with Crippen molar-refractivity contribution in [1.82, 2.24) is 4.90 Å². The molecule has 17 heavy (non-hydrogen) atoms. The van der Waals surface area contributed by atoms with Gasteiger partial charge < -0.3 is 4.90 Å². The lowest BCUT2D eigenvalue weighted by atomic mass is 10.00. The van der Waals surface area contributed by atoms with Gasteiger partial charge in [0.25, 0.3) is 0 Å². The zero-order chi connectivity index (χ0) is 11.7. The highest BCUT2D eigenvalue weighted by atomic mass is 32.2. The summed E-state index contributed by atoms with van der Waals surface area (Å²) in [6.45, 7) is 6.30. The molecule has 1 nitrogen and oxygen atoms in total. The first kappa shape index (κ1) is 11.6. The number of likely N-dealkylation sites (tertiary alicyclic amines) is 1. The molecule has 0 aliphatic carbocycles. The number of fused-ring (bicyclic) bond motifs is 1. The van der Waals surface area contributed by atoms with Crippen LogP contribution in [-0.2, 0) is 6.42 Å². The molecule has 1 saturated heterocycles. The maximum Gasteiger partial charge on any atom is 0.0263 e. The van der Waals surface area contributed by atoms with Gasteiger partial charge in [0.05, 0.1) is 0 Å². The summed E-state index contributed by atoms with van der Waals surface area (Å²) < 4.78 is 0. The Morgan fingerprint density at radius 2 is 2.24 bits per heavy atom. The number of hydrogen-bond acceptors (Lipinski definition) is 2. The molecule has 92 valence electrons. The second-order valence-corrected chi connectivity index (χ2v) is 6.90. The van der Waals surface area contributed by atoms with Crippen LogP contribution in [0, 0.1) is 5.92 Å². The van der Waals surface area contributed by atoms with E-state index in [0.29, 0.717) is 0 Å². The van der Waals surface area contributed by atoms with Gasteiger partial charge in [0.15, 0.2) is 0 Å². The maximum atomic E-state index is 2.68. The van der Waals surface area contributed by atoms with E-state index in [9.17, 15) is 0 Å². The minimum absolute atomic E-state index is 0.790. The van der Waals surface area contributed by atoms with Crippen molar-refractivity contribution in [2.45, 2.75) is 36.3 Å². The van der Waals surface area contributed by atoms with E-state index in [1.54, 1.807) is 5.56 Å². The first-order chi connectivity index (χ1) is 8.31. The number of hydrogen-bond donors (Lipinski definition) is 0. The Kier molecular flexibility index (Phi) is 3.44. The van der Waals surface area contributed by atoms with Gasteiger partial charge in [-0.1, -0.05) is 25.1 Å². The van der Waals surface area contributed by atoms with E-state index >= 15 is 0 Å². The molecule has 1 aromatic rings. The average Bonchev–Trinajstić information content (AvgIpc) is 2.71. The van der Waals surface area contributed by atoms with Gasteiger partial charge in [-0.2, -0.15) is 0 Å². The van der Waals surface area contributed by atoms with Gasteiger partial charge in [0.2, 0.25) is 0 Å². The normalized spacial score (nSPS) is 29.2. The highest BCUT2D eigenvalue weighted by Crippen LogP contribution is 2.37. The summed E-state index contributed by atoms with van der Waals surface area (Å²) >= 11 is 2.09. The van der Waals surface area contributed by atoms with Gasteiger partial charge in [-0.05, 0) is 43.4 Å². The van der Waals surface area contributed by atoms with Crippen LogP contribution >= 0.6 is 11.8 Å². The number of piperidine rings is 1. The fourth-order valence-electron chi connectivity index (χ4n) is 3.10. The largest absolute Gasteiger partial charge is 0.302 e. The molecule has 0 bridgehead atoms. The summed E-state index contributed by atoms with van der Waals surface area (Å²) in [4.78, 5) is 4.19. The highest BCUT2D eigenvalue weighted by Gasteiger charge is 2.25. The van der Waals surface area contributed by atoms with E-state index in [2.05, 4.69) is 47.9 Å². The van der Waals surface area contributed by atoms with Crippen molar-refractivity contribution in [3.63, 3.8) is 0 Å². The molecular weight excluding hydrogens is 226 g/mol. The van der Waals surface area contributed by atoms with Crippen molar-refractivity contribution in [2.75, 3.05) is 19.6 Å². The number of rotatable bonds is 2. The van der Waals surface area contributed by atoms with Crippen molar-refractivity contribution in [1.29, 1.82) is 0 Å². The van der Waals surface area contributed by atoms with Crippen LogP contribution in [0.1, 0.15) is 25.3 Å². The first-order valence-electron chi connectivity index (χ1n) is 6.78. The lowest BCUT2D eigenvalue weighted by molar-refractivity contribution is 0.185. The second kappa shape index (κ2) is 5.03. The summed E-state index contributed by atoms with van der Waals surface area (Å²) in [5, 5.41) is 0.790. The van der Waals surface area contributed by atoms with Crippen LogP contribution < -0.4 is 0 Å². The van der Waals surface area contributed by atoms with Crippen molar-refractivity contribution in [3.05, 3.63) is 29.8 Å². The van der Waals surface area contributed by atoms with E-state index in [1.807, 2.05) is 0 Å². The second-order valence-electron chi connectivity index (χ2n) is 5.56. The molecule has 0 aromatic heterocycles. The molecule has 2 atom stereocenters. The quantitative estimate of drug-likeness (QED) is 0.787. The first-order valence-corrected chi connectivity index (χ1v) is 7.66. The van der Waals surface area contributed by atoms with Crippen molar-refractivity contribution >= 4 is 11.8 Å². The fraction of sp³-hybridized carbons (Fsp3) is 0.600. The van der Waals surface area contributed by atoms with Gasteiger partial charge >= 0.3 is 0 Å². The Morgan fingerprint density at radius 3 is 3.06 bits per heavy atom. The third-order valence-electron chi connectivity index (χ3n) is 3.92. The van der Waals surface area contributed by atoms with Crippen molar-refractivity contribution < 1.29 is 0 Å². The molecular formula is C15H21NS. The smallest absolute Gasteiger partial charge is 0.0263 e. The van der Waals surface area contributed by atoms with Crippen LogP contribution in [0.3, 0.4) is 0 Å². The molecule has 2 unspecified atom stereocenters. The van der Waals surface area contributed by atoms with Gasteiger partial charge in [0, 0.05) is 23.2 Å². The van der Waals surface area contributed by atoms with Crippen LogP contribution in [0.15, 0.2) is 29.2 Å². The third-order valence-corrected chi connectivity index (χ3v) is 5.22. The minimum Gasteiger partial charge on any atom is -0.302 e. The Morgan fingerprint density at radius 1 is 1.35 bits per heavy atom.